The molecule has 0 amide bonds. The zero-order chi connectivity index (χ0) is 24.9. The van der Waals surface area contributed by atoms with Crippen molar-refractivity contribution in [1.29, 1.82) is 0 Å². The molecule has 1 saturated heterocycles. The Kier molecular flexibility index (Phi) is 6.16. The van der Waals surface area contributed by atoms with Crippen LogP contribution in [0.3, 0.4) is 0 Å². The number of benzene rings is 2. The van der Waals surface area contributed by atoms with Crippen LogP contribution in [0, 0.1) is 0 Å². The highest BCUT2D eigenvalue weighted by molar-refractivity contribution is 6.05. The SMILES string of the molecule is O=C1c2c(O)cc(O[C@@H]3O[C@H](CO)[C@@H](O)[C@H](O)[C@H]3O)cc2O[C@@H](c2cc(O)c(O)c(O)c2)[C@H]1O. The molecule has 1 fully saturated rings. The van der Waals surface area contributed by atoms with Crippen molar-refractivity contribution in [2.45, 2.75) is 42.9 Å². The Hall–Kier alpha value is -3.33. The second-order valence-electron chi connectivity index (χ2n) is 7.89. The van der Waals surface area contributed by atoms with Crippen molar-refractivity contribution in [2.24, 2.45) is 0 Å². The molecule has 2 aromatic carbocycles. The van der Waals surface area contributed by atoms with Crippen LogP contribution in [0.2, 0.25) is 0 Å². The number of rotatable bonds is 4. The van der Waals surface area contributed by atoms with Gasteiger partial charge in [-0.15, -0.1) is 0 Å². The van der Waals surface area contributed by atoms with E-state index < -0.39 is 83.9 Å². The Balaban J connectivity index is 1.66. The second-order valence-corrected chi connectivity index (χ2v) is 7.89. The Labute approximate surface area is 190 Å². The first-order valence-electron chi connectivity index (χ1n) is 10.0. The maximum Gasteiger partial charge on any atom is 0.229 e. The van der Waals surface area contributed by atoms with E-state index >= 15 is 0 Å². The number of hydrogen-bond acceptors (Lipinski definition) is 13. The van der Waals surface area contributed by atoms with E-state index in [0.29, 0.717) is 0 Å². The number of aliphatic hydroxyl groups excluding tert-OH is 5. The van der Waals surface area contributed by atoms with Crippen molar-refractivity contribution in [3.8, 4) is 34.5 Å². The average molecular weight is 482 g/mol. The zero-order valence-corrected chi connectivity index (χ0v) is 17.2. The Morgan fingerprint density at radius 3 is 2.12 bits per heavy atom. The summed E-state index contributed by atoms with van der Waals surface area (Å²) >= 11 is 0. The highest BCUT2D eigenvalue weighted by Crippen LogP contribution is 2.45. The Morgan fingerprint density at radius 1 is 0.853 bits per heavy atom. The first kappa shape index (κ1) is 23.8. The lowest BCUT2D eigenvalue weighted by molar-refractivity contribution is -0.277. The van der Waals surface area contributed by atoms with Gasteiger partial charge in [0.15, 0.2) is 29.5 Å². The standard InChI is InChI=1S/C21H22O13/c22-5-12-15(27)17(29)19(31)21(34-12)32-7-3-8(23)13-11(4-7)33-20(18(30)16(13)28)6-1-9(24)14(26)10(25)2-6/h1-4,12,15,17-27,29-31H,5H2/t12-,15-,17+,18+,19-,20+,21-/m1/s1. The van der Waals surface area contributed by atoms with Crippen LogP contribution < -0.4 is 9.47 Å². The minimum absolute atomic E-state index is 0.0703. The molecule has 2 aliphatic heterocycles. The van der Waals surface area contributed by atoms with E-state index in [-0.39, 0.29) is 17.1 Å². The van der Waals surface area contributed by atoms with Gasteiger partial charge in [-0.3, -0.25) is 4.79 Å². The molecule has 13 heteroatoms. The monoisotopic (exact) mass is 482 g/mol. The molecule has 34 heavy (non-hydrogen) atoms. The molecule has 13 nitrogen and oxygen atoms in total. The van der Waals surface area contributed by atoms with Crippen molar-refractivity contribution in [3.63, 3.8) is 0 Å². The number of ketones is 1. The molecule has 0 saturated carbocycles. The number of Topliss-reactive ketones (excluding diaryl/α,β-unsaturated/α-hetero) is 1. The highest BCUT2D eigenvalue weighted by atomic mass is 16.7. The lowest BCUT2D eigenvalue weighted by atomic mass is 9.92. The fourth-order valence-corrected chi connectivity index (χ4v) is 3.81. The smallest absolute Gasteiger partial charge is 0.229 e. The van der Waals surface area contributed by atoms with Crippen molar-refractivity contribution < 1.29 is 65.0 Å². The van der Waals surface area contributed by atoms with Gasteiger partial charge in [-0.25, -0.2) is 0 Å². The lowest BCUT2D eigenvalue weighted by Gasteiger charge is -2.39. The summed E-state index contributed by atoms with van der Waals surface area (Å²) in [5, 5.41) is 89.0. The van der Waals surface area contributed by atoms with Crippen LogP contribution in [-0.4, -0.2) is 95.2 Å². The maximum atomic E-state index is 12.7. The van der Waals surface area contributed by atoms with Crippen LogP contribution in [0.25, 0.3) is 0 Å². The fourth-order valence-electron chi connectivity index (χ4n) is 3.81. The van der Waals surface area contributed by atoms with Crippen molar-refractivity contribution in [3.05, 3.63) is 35.4 Å². The van der Waals surface area contributed by atoms with Crippen molar-refractivity contribution >= 4 is 5.78 Å². The third-order valence-corrected chi connectivity index (χ3v) is 5.63. The van der Waals surface area contributed by atoms with Crippen LogP contribution in [0.15, 0.2) is 24.3 Å². The summed E-state index contributed by atoms with van der Waals surface area (Å²) in [5.74, 6) is -4.36. The van der Waals surface area contributed by atoms with Gasteiger partial charge in [-0.1, -0.05) is 0 Å². The van der Waals surface area contributed by atoms with Gasteiger partial charge >= 0.3 is 0 Å². The fraction of sp³-hybridized carbons (Fsp3) is 0.381. The minimum Gasteiger partial charge on any atom is -0.507 e. The van der Waals surface area contributed by atoms with E-state index in [4.69, 9.17) is 14.2 Å². The number of carbonyl (C=O) groups is 1. The molecule has 0 aromatic heterocycles. The topological polar surface area (TPSA) is 227 Å². The molecule has 2 aliphatic rings. The van der Waals surface area contributed by atoms with Gasteiger partial charge in [-0.05, 0) is 12.1 Å². The van der Waals surface area contributed by atoms with Gasteiger partial charge in [-0.2, -0.15) is 0 Å². The lowest BCUT2D eigenvalue weighted by Crippen LogP contribution is -2.60. The van der Waals surface area contributed by atoms with E-state index in [9.17, 15) is 50.8 Å². The molecule has 4 rings (SSSR count). The van der Waals surface area contributed by atoms with Crippen LogP contribution >= 0.6 is 0 Å². The molecular weight excluding hydrogens is 460 g/mol. The van der Waals surface area contributed by atoms with Crippen LogP contribution in [0.4, 0.5) is 0 Å². The van der Waals surface area contributed by atoms with Gasteiger partial charge in [0, 0.05) is 17.7 Å². The van der Waals surface area contributed by atoms with Crippen molar-refractivity contribution in [2.75, 3.05) is 6.61 Å². The number of hydrogen-bond donors (Lipinski definition) is 9. The molecule has 2 aromatic rings. The number of aliphatic hydroxyl groups is 5. The minimum atomic E-state index is -1.85. The third-order valence-electron chi connectivity index (χ3n) is 5.63. The number of ether oxygens (including phenoxy) is 3. The number of aromatic hydroxyl groups is 4. The normalized spacial score (nSPS) is 31.0. The predicted molar refractivity (Wildman–Crippen MR) is 108 cm³/mol. The quantitative estimate of drug-likeness (QED) is 0.223. The zero-order valence-electron chi connectivity index (χ0n) is 17.2. The molecule has 9 N–H and O–H groups in total. The molecule has 7 atom stereocenters. The number of phenols is 4. The Morgan fingerprint density at radius 2 is 1.50 bits per heavy atom. The molecule has 0 aliphatic carbocycles. The summed E-state index contributed by atoms with van der Waals surface area (Å²) in [6, 6.07) is 4.02. The van der Waals surface area contributed by atoms with Gasteiger partial charge in [0.1, 0.15) is 47.2 Å². The van der Waals surface area contributed by atoms with E-state index in [1.807, 2.05) is 0 Å². The van der Waals surface area contributed by atoms with Crippen molar-refractivity contribution in [1.82, 2.24) is 0 Å². The summed E-state index contributed by atoms with van der Waals surface area (Å²) in [4.78, 5) is 12.7. The first-order valence-corrected chi connectivity index (χ1v) is 10.0. The van der Waals surface area contributed by atoms with Crippen LogP contribution in [-0.2, 0) is 4.74 Å². The van der Waals surface area contributed by atoms with E-state index in [1.54, 1.807) is 0 Å². The van der Waals surface area contributed by atoms with Crippen LogP contribution in [0.1, 0.15) is 22.0 Å². The van der Waals surface area contributed by atoms with Gasteiger partial charge in [0.25, 0.3) is 0 Å². The van der Waals surface area contributed by atoms with E-state index in [2.05, 4.69) is 0 Å². The van der Waals surface area contributed by atoms with Gasteiger partial charge in [0.05, 0.1) is 6.61 Å². The molecule has 0 unspecified atom stereocenters. The average Bonchev–Trinajstić information content (AvgIpc) is 2.79. The predicted octanol–water partition coefficient (Wildman–Crippen LogP) is -1.64. The molecule has 0 spiro atoms. The number of fused-ring (bicyclic) bond motifs is 1. The number of carbonyl (C=O) groups excluding carboxylic acids is 1. The molecular formula is C21H22O13. The Bertz CT molecular complexity index is 1080. The highest BCUT2D eigenvalue weighted by Gasteiger charge is 2.45. The second kappa shape index (κ2) is 8.79. The molecule has 184 valence electrons. The summed E-state index contributed by atoms with van der Waals surface area (Å²) in [6.07, 6.45) is -11.2. The van der Waals surface area contributed by atoms with Gasteiger partial charge in [0.2, 0.25) is 12.1 Å². The van der Waals surface area contributed by atoms with E-state index in [1.165, 1.54) is 0 Å². The third kappa shape index (κ3) is 3.94. The molecule has 0 radical (unpaired) electrons. The summed E-state index contributed by atoms with van der Waals surface area (Å²) in [7, 11) is 0. The van der Waals surface area contributed by atoms with E-state index in [0.717, 1.165) is 24.3 Å². The summed E-state index contributed by atoms with van der Waals surface area (Å²) in [5.41, 5.74) is -0.462. The molecule has 2 heterocycles. The number of phenolic OH excluding ortho intramolecular Hbond substituents is 4. The summed E-state index contributed by atoms with van der Waals surface area (Å²) < 4.78 is 16.3. The maximum absolute atomic E-state index is 12.7. The summed E-state index contributed by atoms with van der Waals surface area (Å²) in [6.45, 7) is -0.691. The molecule has 0 bridgehead atoms. The largest absolute Gasteiger partial charge is 0.507 e. The van der Waals surface area contributed by atoms with Gasteiger partial charge < -0.3 is 60.2 Å². The first-order chi connectivity index (χ1) is 16.0. The van der Waals surface area contributed by atoms with Crippen LogP contribution in [0.5, 0.6) is 34.5 Å².